The summed E-state index contributed by atoms with van der Waals surface area (Å²) in [4.78, 5) is 11.1. The maximum atomic E-state index is 11.8. The van der Waals surface area contributed by atoms with Gasteiger partial charge in [-0.3, -0.25) is 0 Å². The Balaban J connectivity index is 4.07. The van der Waals surface area contributed by atoms with Crippen molar-refractivity contribution >= 4 is 11.9 Å². The van der Waals surface area contributed by atoms with Crippen molar-refractivity contribution in [3.8, 4) is 0 Å². The van der Waals surface area contributed by atoms with Gasteiger partial charge in [0, 0.05) is 12.5 Å². The van der Waals surface area contributed by atoms with E-state index in [1.165, 1.54) is 0 Å². The molecule has 0 spiro atoms. The van der Waals surface area contributed by atoms with Crippen LogP contribution in [0, 0.1) is 0 Å². The van der Waals surface area contributed by atoms with Gasteiger partial charge in [0.2, 0.25) is 0 Å². The van der Waals surface area contributed by atoms with Crippen LogP contribution in [0.2, 0.25) is 0 Å². The van der Waals surface area contributed by atoms with Crippen LogP contribution in [0.5, 0.6) is 0 Å². The number of nitrogens with one attached hydrogen (secondary N) is 2. The molecule has 0 heterocycles. The fourth-order valence-corrected chi connectivity index (χ4v) is 1.01. The van der Waals surface area contributed by atoms with Crippen molar-refractivity contribution in [3.63, 3.8) is 0 Å². The highest BCUT2D eigenvalue weighted by Crippen LogP contribution is 2.12. The minimum Gasteiger partial charge on any atom is -0.409 e. The number of amides is 2. The standard InChI is InChI=1S/C8H15F3N4O2/c1-2-5(3-6(12)15-17)14-7(16)13-4-8(9,10)11/h5,17H,2-4H2,1H3,(H2,12,15)(H2,13,14,16). The molecule has 0 rings (SSSR count). The summed E-state index contributed by atoms with van der Waals surface area (Å²) in [5.74, 6) is -0.104. The minimum absolute atomic E-state index is 0.0619. The molecule has 0 aromatic rings. The average Bonchev–Trinajstić information content (AvgIpc) is 2.24. The van der Waals surface area contributed by atoms with E-state index in [2.05, 4.69) is 10.5 Å². The van der Waals surface area contributed by atoms with E-state index in [-0.39, 0.29) is 12.3 Å². The number of nitrogens with zero attached hydrogens (tertiary/aromatic N) is 1. The van der Waals surface area contributed by atoms with Gasteiger partial charge < -0.3 is 21.6 Å². The fourth-order valence-electron chi connectivity index (χ4n) is 1.01. The van der Waals surface area contributed by atoms with Gasteiger partial charge in [-0.05, 0) is 6.42 Å². The number of oxime groups is 1. The van der Waals surface area contributed by atoms with Crippen LogP contribution < -0.4 is 16.4 Å². The molecule has 0 aliphatic rings. The molecular weight excluding hydrogens is 241 g/mol. The van der Waals surface area contributed by atoms with Crippen LogP contribution in [-0.2, 0) is 0 Å². The number of urea groups is 1. The molecule has 1 unspecified atom stereocenters. The first-order valence-corrected chi connectivity index (χ1v) is 4.86. The lowest BCUT2D eigenvalue weighted by molar-refractivity contribution is -0.122. The van der Waals surface area contributed by atoms with Gasteiger partial charge in [0.05, 0.1) is 0 Å². The van der Waals surface area contributed by atoms with E-state index in [1.54, 1.807) is 12.2 Å². The maximum absolute atomic E-state index is 11.8. The van der Waals surface area contributed by atoms with Crippen molar-refractivity contribution in [2.24, 2.45) is 10.9 Å². The fraction of sp³-hybridized carbons (Fsp3) is 0.750. The number of rotatable bonds is 5. The van der Waals surface area contributed by atoms with Gasteiger partial charge in [-0.25, -0.2) is 4.79 Å². The molecule has 100 valence electrons. The zero-order valence-corrected chi connectivity index (χ0v) is 9.21. The summed E-state index contributed by atoms with van der Waals surface area (Å²) in [6.07, 6.45) is -3.95. The Kier molecular flexibility index (Phi) is 6.15. The van der Waals surface area contributed by atoms with Gasteiger partial charge in [0.1, 0.15) is 12.4 Å². The molecule has 0 bridgehead atoms. The van der Waals surface area contributed by atoms with Crippen LogP contribution in [0.3, 0.4) is 0 Å². The molecule has 2 amide bonds. The lowest BCUT2D eigenvalue weighted by atomic mass is 10.1. The maximum Gasteiger partial charge on any atom is 0.405 e. The van der Waals surface area contributed by atoms with E-state index in [4.69, 9.17) is 10.9 Å². The van der Waals surface area contributed by atoms with E-state index in [0.717, 1.165) is 0 Å². The number of amidine groups is 1. The third-order valence-corrected chi connectivity index (χ3v) is 1.86. The van der Waals surface area contributed by atoms with Gasteiger partial charge in [-0.1, -0.05) is 12.1 Å². The van der Waals surface area contributed by atoms with Crippen molar-refractivity contribution in [1.82, 2.24) is 10.6 Å². The molecule has 17 heavy (non-hydrogen) atoms. The highest BCUT2D eigenvalue weighted by Gasteiger charge is 2.28. The lowest BCUT2D eigenvalue weighted by Crippen LogP contribution is -2.46. The number of hydrogen-bond acceptors (Lipinski definition) is 3. The number of halogens is 3. The zero-order chi connectivity index (χ0) is 13.5. The summed E-state index contributed by atoms with van der Waals surface area (Å²) < 4.78 is 35.4. The van der Waals surface area contributed by atoms with E-state index >= 15 is 0 Å². The Morgan fingerprint density at radius 1 is 1.53 bits per heavy atom. The monoisotopic (exact) mass is 256 g/mol. The van der Waals surface area contributed by atoms with Gasteiger partial charge in [-0.15, -0.1) is 0 Å². The molecule has 0 saturated heterocycles. The predicted molar refractivity (Wildman–Crippen MR) is 54.7 cm³/mol. The van der Waals surface area contributed by atoms with Crippen molar-refractivity contribution in [2.45, 2.75) is 32.0 Å². The van der Waals surface area contributed by atoms with E-state index < -0.39 is 24.8 Å². The molecule has 9 heteroatoms. The topological polar surface area (TPSA) is 99.7 Å². The summed E-state index contributed by atoms with van der Waals surface area (Å²) in [5, 5.41) is 15.0. The van der Waals surface area contributed by atoms with Crippen LogP contribution in [0.25, 0.3) is 0 Å². The van der Waals surface area contributed by atoms with Crippen molar-refractivity contribution < 1.29 is 23.2 Å². The number of carbonyl (C=O) groups excluding carboxylic acids is 1. The smallest absolute Gasteiger partial charge is 0.405 e. The summed E-state index contributed by atoms with van der Waals surface area (Å²) in [5.41, 5.74) is 5.22. The second-order valence-electron chi connectivity index (χ2n) is 3.34. The zero-order valence-electron chi connectivity index (χ0n) is 9.21. The van der Waals surface area contributed by atoms with Crippen molar-refractivity contribution in [2.75, 3.05) is 6.54 Å². The minimum atomic E-state index is -4.45. The van der Waals surface area contributed by atoms with Crippen molar-refractivity contribution in [1.29, 1.82) is 0 Å². The Morgan fingerprint density at radius 3 is 2.53 bits per heavy atom. The van der Waals surface area contributed by atoms with Crippen molar-refractivity contribution in [3.05, 3.63) is 0 Å². The Bertz CT molecular complexity index is 280. The largest absolute Gasteiger partial charge is 0.409 e. The molecule has 0 aliphatic carbocycles. The highest BCUT2D eigenvalue weighted by atomic mass is 19.4. The van der Waals surface area contributed by atoms with Crippen LogP contribution in [-0.4, -0.2) is 35.8 Å². The number of alkyl halides is 3. The Hall–Kier alpha value is -1.67. The number of carbonyl (C=O) groups is 1. The van der Waals surface area contributed by atoms with E-state index in [9.17, 15) is 18.0 Å². The summed E-state index contributed by atoms with van der Waals surface area (Å²) in [7, 11) is 0. The molecule has 1 atom stereocenters. The van der Waals surface area contributed by atoms with Gasteiger partial charge >= 0.3 is 12.2 Å². The molecule has 0 fully saturated rings. The third-order valence-electron chi connectivity index (χ3n) is 1.86. The van der Waals surface area contributed by atoms with Gasteiger partial charge in [0.25, 0.3) is 0 Å². The summed E-state index contributed by atoms with van der Waals surface area (Å²) in [6.45, 7) is 0.304. The second-order valence-corrected chi connectivity index (χ2v) is 3.34. The van der Waals surface area contributed by atoms with Gasteiger partial charge in [0.15, 0.2) is 0 Å². The first-order valence-electron chi connectivity index (χ1n) is 4.86. The lowest BCUT2D eigenvalue weighted by Gasteiger charge is -2.17. The molecular formula is C8H15F3N4O2. The van der Waals surface area contributed by atoms with Crippen LogP contribution in [0.4, 0.5) is 18.0 Å². The van der Waals surface area contributed by atoms with Gasteiger partial charge in [-0.2, -0.15) is 13.2 Å². The number of hydrogen-bond donors (Lipinski definition) is 4. The molecule has 0 aliphatic heterocycles. The van der Waals surface area contributed by atoms with E-state index in [1.807, 2.05) is 0 Å². The SMILES string of the molecule is CCC(CC(N)=NO)NC(=O)NCC(F)(F)F. The first-order chi connectivity index (χ1) is 7.78. The Morgan fingerprint density at radius 2 is 2.12 bits per heavy atom. The van der Waals surface area contributed by atoms with Crippen LogP contribution in [0.1, 0.15) is 19.8 Å². The van der Waals surface area contributed by atoms with Crippen LogP contribution >= 0.6 is 0 Å². The summed E-state index contributed by atoms with van der Waals surface area (Å²) in [6, 6.07) is -1.43. The highest BCUT2D eigenvalue weighted by molar-refractivity contribution is 5.81. The average molecular weight is 256 g/mol. The first kappa shape index (κ1) is 15.3. The summed E-state index contributed by atoms with van der Waals surface area (Å²) >= 11 is 0. The normalized spacial score (nSPS) is 14.2. The molecule has 0 aromatic heterocycles. The molecule has 0 aromatic carbocycles. The predicted octanol–water partition coefficient (Wildman–Crippen LogP) is 0.763. The quantitative estimate of drug-likeness (QED) is 0.253. The molecule has 6 nitrogen and oxygen atoms in total. The number of nitrogens with two attached hydrogens (primary N) is 1. The second kappa shape index (κ2) is 6.81. The molecule has 5 N–H and O–H groups in total. The Labute approximate surface area is 96.0 Å². The third kappa shape index (κ3) is 8.17. The molecule has 0 saturated carbocycles. The van der Waals surface area contributed by atoms with Crippen LogP contribution in [0.15, 0.2) is 5.16 Å². The van der Waals surface area contributed by atoms with E-state index in [0.29, 0.717) is 6.42 Å². The molecule has 0 radical (unpaired) electrons.